The van der Waals surface area contributed by atoms with Gasteiger partial charge in [0.2, 0.25) is 0 Å². The summed E-state index contributed by atoms with van der Waals surface area (Å²) in [6, 6.07) is 4.18. The number of rotatable bonds is 8. The Balaban J connectivity index is 2.27. The molecule has 0 aliphatic heterocycles. The number of nitrogens with one attached hydrogen (secondary N) is 3. The highest BCUT2D eigenvalue weighted by Crippen LogP contribution is 2.01. The summed E-state index contributed by atoms with van der Waals surface area (Å²) in [4.78, 5) is 4.33. The summed E-state index contributed by atoms with van der Waals surface area (Å²) in [6.07, 6.45) is 3.02. The van der Waals surface area contributed by atoms with Crippen LogP contribution in [-0.2, 0) is 13.1 Å². The third-order valence-electron chi connectivity index (χ3n) is 2.35. The second-order valence-electron chi connectivity index (χ2n) is 3.82. The van der Waals surface area contributed by atoms with E-state index < -0.39 is 0 Å². The molecule has 0 radical (unpaired) electrons. The van der Waals surface area contributed by atoms with Crippen molar-refractivity contribution in [2.24, 2.45) is 0 Å². The highest BCUT2D eigenvalue weighted by atomic mass is 14.9. The number of nitrogens with zero attached hydrogens (tertiary/aromatic N) is 1. The van der Waals surface area contributed by atoms with Crippen LogP contribution in [0.5, 0.6) is 0 Å². The molecule has 0 bridgehead atoms. The SMILES string of the molecule is CNCCCNCc1cc(CNC)ccn1. The van der Waals surface area contributed by atoms with E-state index in [2.05, 4.69) is 27.0 Å². The zero-order valence-electron chi connectivity index (χ0n) is 10.2. The van der Waals surface area contributed by atoms with Crippen molar-refractivity contribution in [3.8, 4) is 0 Å². The van der Waals surface area contributed by atoms with Crippen LogP contribution in [0, 0.1) is 0 Å². The average molecular weight is 222 g/mol. The van der Waals surface area contributed by atoms with E-state index in [0.717, 1.165) is 38.3 Å². The van der Waals surface area contributed by atoms with Gasteiger partial charge in [-0.25, -0.2) is 0 Å². The van der Waals surface area contributed by atoms with Crippen LogP contribution in [0.4, 0.5) is 0 Å². The largest absolute Gasteiger partial charge is 0.320 e. The van der Waals surface area contributed by atoms with Gasteiger partial charge in [0.1, 0.15) is 0 Å². The van der Waals surface area contributed by atoms with Gasteiger partial charge in [-0.2, -0.15) is 0 Å². The van der Waals surface area contributed by atoms with Crippen molar-refractivity contribution in [1.82, 2.24) is 20.9 Å². The average Bonchev–Trinajstić information content (AvgIpc) is 2.30. The van der Waals surface area contributed by atoms with E-state index in [4.69, 9.17) is 0 Å². The van der Waals surface area contributed by atoms with E-state index in [0.29, 0.717) is 0 Å². The Morgan fingerprint density at radius 2 is 2.00 bits per heavy atom. The van der Waals surface area contributed by atoms with E-state index in [-0.39, 0.29) is 0 Å². The summed E-state index contributed by atoms with van der Waals surface area (Å²) in [5.74, 6) is 0. The summed E-state index contributed by atoms with van der Waals surface area (Å²) in [6.45, 7) is 3.83. The van der Waals surface area contributed by atoms with E-state index in [1.807, 2.05) is 26.4 Å². The highest BCUT2D eigenvalue weighted by Gasteiger charge is 1.96. The fourth-order valence-electron chi connectivity index (χ4n) is 1.55. The Morgan fingerprint density at radius 1 is 1.12 bits per heavy atom. The molecule has 3 N–H and O–H groups in total. The monoisotopic (exact) mass is 222 g/mol. The summed E-state index contributed by atoms with van der Waals surface area (Å²) in [7, 11) is 3.93. The maximum Gasteiger partial charge on any atom is 0.0544 e. The van der Waals surface area contributed by atoms with Crippen molar-refractivity contribution in [2.75, 3.05) is 27.2 Å². The van der Waals surface area contributed by atoms with Gasteiger partial charge in [-0.3, -0.25) is 4.98 Å². The molecule has 0 atom stereocenters. The van der Waals surface area contributed by atoms with Gasteiger partial charge < -0.3 is 16.0 Å². The van der Waals surface area contributed by atoms with E-state index in [1.54, 1.807) is 0 Å². The van der Waals surface area contributed by atoms with Crippen LogP contribution in [0.1, 0.15) is 17.7 Å². The zero-order chi connectivity index (χ0) is 11.6. The molecule has 0 aliphatic carbocycles. The molecular formula is C12H22N4. The zero-order valence-corrected chi connectivity index (χ0v) is 10.2. The van der Waals surface area contributed by atoms with Crippen LogP contribution < -0.4 is 16.0 Å². The van der Waals surface area contributed by atoms with Gasteiger partial charge >= 0.3 is 0 Å². The number of hydrogen-bond acceptors (Lipinski definition) is 4. The molecule has 4 nitrogen and oxygen atoms in total. The maximum atomic E-state index is 4.33. The molecule has 0 aromatic carbocycles. The van der Waals surface area contributed by atoms with Crippen molar-refractivity contribution in [3.05, 3.63) is 29.6 Å². The van der Waals surface area contributed by atoms with Gasteiger partial charge in [0, 0.05) is 19.3 Å². The quantitative estimate of drug-likeness (QED) is 0.561. The van der Waals surface area contributed by atoms with Crippen molar-refractivity contribution < 1.29 is 0 Å². The maximum absolute atomic E-state index is 4.33. The molecule has 0 saturated carbocycles. The lowest BCUT2D eigenvalue weighted by Gasteiger charge is -2.06. The van der Waals surface area contributed by atoms with Gasteiger partial charge in [-0.05, 0) is 51.3 Å². The van der Waals surface area contributed by atoms with E-state index in [1.165, 1.54) is 5.56 Å². The summed E-state index contributed by atoms with van der Waals surface area (Å²) < 4.78 is 0. The fourth-order valence-corrected chi connectivity index (χ4v) is 1.55. The number of pyridine rings is 1. The van der Waals surface area contributed by atoms with Gasteiger partial charge in [0.05, 0.1) is 5.69 Å². The molecular weight excluding hydrogens is 200 g/mol. The lowest BCUT2D eigenvalue weighted by molar-refractivity contribution is 0.618. The standard InChI is InChI=1S/C12H22N4/c1-13-5-3-6-15-10-12-8-11(9-14-2)4-7-16-12/h4,7-8,13-15H,3,5-6,9-10H2,1-2H3. The van der Waals surface area contributed by atoms with Gasteiger partial charge in [0.25, 0.3) is 0 Å². The minimum Gasteiger partial charge on any atom is -0.320 e. The molecule has 4 heteroatoms. The van der Waals surface area contributed by atoms with Crippen molar-refractivity contribution >= 4 is 0 Å². The molecule has 0 spiro atoms. The molecule has 1 aromatic rings. The van der Waals surface area contributed by atoms with Crippen LogP contribution in [0.2, 0.25) is 0 Å². The summed E-state index contributed by atoms with van der Waals surface area (Å²) in [5.41, 5.74) is 2.39. The lowest BCUT2D eigenvalue weighted by Crippen LogP contribution is -2.20. The molecule has 16 heavy (non-hydrogen) atoms. The van der Waals surface area contributed by atoms with Crippen LogP contribution in [0.3, 0.4) is 0 Å². The molecule has 1 heterocycles. The predicted molar refractivity (Wildman–Crippen MR) is 67.3 cm³/mol. The van der Waals surface area contributed by atoms with Crippen LogP contribution in [0.15, 0.2) is 18.3 Å². The molecule has 1 aromatic heterocycles. The van der Waals surface area contributed by atoms with Crippen molar-refractivity contribution in [1.29, 1.82) is 0 Å². The first-order valence-corrected chi connectivity index (χ1v) is 5.80. The molecule has 0 amide bonds. The highest BCUT2D eigenvalue weighted by molar-refractivity contribution is 5.16. The predicted octanol–water partition coefficient (Wildman–Crippen LogP) is 0.500. The Labute approximate surface area is 97.9 Å². The Bertz CT molecular complexity index is 288. The molecule has 1 rings (SSSR count). The first-order valence-electron chi connectivity index (χ1n) is 5.80. The third kappa shape index (κ3) is 5.21. The van der Waals surface area contributed by atoms with Crippen LogP contribution in [0.25, 0.3) is 0 Å². The minimum atomic E-state index is 0.848. The van der Waals surface area contributed by atoms with Crippen LogP contribution >= 0.6 is 0 Å². The third-order valence-corrected chi connectivity index (χ3v) is 2.35. The van der Waals surface area contributed by atoms with Gasteiger partial charge in [0.15, 0.2) is 0 Å². The van der Waals surface area contributed by atoms with Crippen molar-refractivity contribution in [3.63, 3.8) is 0 Å². The Kier molecular flexibility index (Phi) is 6.72. The molecule has 90 valence electrons. The molecule has 0 fully saturated rings. The summed E-state index contributed by atoms with van der Waals surface area (Å²) in [5, 5.41) is 9.65. The second kappa shape index (κ2) is 8.21. The minimum absolute atomic E-state index is 0.848. The van der Waals surface area contributed by atoms with Gasteiger partial charge in [-0.15, -0.1) is 0 Å². The first-order chi connectivity index (χ1) is 7.86. The smallest absolute Gasteiger partial charge is 0.0544 e. The fraction of sp³-hybridized carbons (Fsp3) is 0.583. The Morgan fingerprint density at radius 3 is 2.75 bits per heavy atom. The Hall–Kier alpha value is -0.970. The first kappa shape index (κ1) is 13.1. The van der Waals surface area contributed by atoms with Gasteiger partial charge in [-0.1, -0.05) is 0 Å². The molecule has 0 saturated heterocycles. The lowest BCUT2D eigenvalue weighted by atomic mass is 10.2. The van der Waals surface area contributed by atoms with E-state index >= 15 is 0 Å². The van der Waals surface area contributed by atoms with E-state index in [9.17, 15) is 0 Å². The number of aromatic nitrogens is 1. The van der Waals surface area contributed by atoms with Crippen LogP contribution in [-0.4, -0.2) is 32.2 Å². The molecule has 0 aliphatic rings. The number of hydrogen-bond donors (Lipinski definition) is 3. The second-order valence-corrected chi connectivity index (χ2v) is 3.82. The normalized spacial score (nSPS) is 10.6. The van der Waals surface area contributed by atoms with Crippen molar-refractivity contribution in [2.45, 2.75) is 19.5 Å². The molecule has 0 unspecified atom stereocenters. The topological polar surface area (TPSA) is 49.0 Å². The summed E-state index contributed by atoms with van der Waals surface area (Å²) >= 11 is 0.